The van der Waals surface area contributed by atoms with Crippen molar-refractivity contribution in [1.82, 2.24) is 0 Å². The molecule has 0 saturated carbocycles. The molecule has 0 spiro atoms. The Morgan fingerprint density at radius 2 is 2.25 bits per heavy atom. The highest BCUT2D eigenvalue weighted by atomic mass is 16.7. The lowest BCUT2D eigenvalue weighted by molar-refractivity contribution is -0.138. The average Bonchev–Trinajstić information content (AvgIpc) is 2.69. The molecule has 1 unspecified atom stereocenters. The predicted octanol–water partition coefficient (Wildman–Crippen LogP) is 0.248. The Kier molecular flexibility index (Phi) is 2.57. The molecular weight excluding hydrogens is 214 g/mol. The van der Waals surface area contributed by atoms with Crippen molar-refractivity contribution < 1.29 is 24.5 Å². The Morgan fingerprint density at radius 1 is 1.50 bits per heavy atom. The quantitative estimate of drug-likeness (QED) is 0.681. The molecule has 2 rings (SSSR count). The van der Waals surface area contributed by atoms with Gasteiger partial charge in [-0.1, -0.05) is 0 Å². The summed E-state index contributed by atoms with van der Waals surface area (Å²) in [5, 5.41) is 18.7. The van der Waals surface area contributed by atoms with Crippen LogP contribution in [0.15, 0.2) is 12.1 Å². The molecule has 1 aromatic carbocycles. The molecule has 1 aromatic rings. The summed E-state index contributed by atoms with van der Waals surface area (Å²) < 4.78 is 10.2. The molecular formula is C10H11NO5. The SMILES string of the molecule is NCC(C(=O)O)c1c(O)ccc2c1OCO2. The fourth-order valence-corrected chi connectivity index (χ4v) is 1.66. The number of phenols is 1. The standard InChI is InChI=1S/C10H11NO5/c11-3-5(10(13)14)8-6(12)1-2-7-9(8)16-4-15-7/h1-2,5,12H,3-4,11H2,(H,13,14). The second-order valence-corrected chi connectivity index (χ2v) is 3.36. The van der Waals surface area contributed by atoms with E-state index in [1.165, 1.54) is 12.1 Å². The summed E-state index contributed by atoms with van der Waals surface area (Å²) in [5.74, 6) is -1.58. The topological polar surface area (TPSA) is 102 Å². The molecule has 86 valence electrons. The molecule has 16 heavy (non-hydrogen) atoms. The number of aromatic hydroxyl groups is 1. The van der Waals surface area contributed by atoms with Crippen LogP contribution in [0.4, 0.5) is 0 Å². The highest BCUT2D eigenvalue weighted by molar-refractivity contribution is 5.80. The van der Waals surface area contributed by atoms with Crippen LogP contribution < -0.4 is 15.2 Å². The van der Waals surface area contributed by atoms with Gasteiger partial charge in [-0.25, -0.2) is 0 Å². The normalized spacial score (nSPS) is 14.8. The number of carboxylic acid groups (broad SMARTS) is 1. The molecule has 0 amide bonds. The molecule has 1 aliphatic rings. The van der Waals surface area contributed by atoms with E-state index in [1.54, 1.807) is 0 Å². The number of phenolic OH excluding ortho intramolecular Hbond substituents is 1. The van der Waals surface area contributed by atoms with Crippen LogP contribution in [0.1, 0.15) is 11.5 Å². The minimum Gasteiger partial charge on any atom is -0.507 e. The smallest absolute Gasteiger partial charge is 0.312 e. The fourth-order valence-electron chi connectivity index (χ4n) is 1.66. The van der Waals surface area contributed by atoms with E-state index in [9.17, 15) is 9.90 Å². The number of fused-ring (bicyclic) bond motifs is 1. The lowest BCUT2D eigenvalue weighted by Crippen LogP contribution is -2.21. The van der Waals surface area contributed by atoms with Crippen LogP contribution in [-0.2, 0) is 4.79 Å². The largest absolute Gasteiger partial charge is 0.507 e. The molecule has 4 N–H and O–H groups in total. The Balaban J connectivity index is 2.54. The van der Waals surface area contributed by atoms with Gasteiger partial charge in [-0.2, -0.15) is 0 Å². The lowest BCUT2D eigenvalue weighted by atomic mass is 9.97. The van der Waals surface area contributed by atoms with Crippen LogP contribution in [0.3, 0.4) is 0 Å². The van der Waals surface area contributed by atoms with E-state index >= 15 is 0 Å². The molecule has 6 nitrogen and oxygen atoms in total. The van der Waals surface area contributed by atoms with Crippen molar-refractivity contribution in [3.8, 4) is 17.2 Å². The number of nitrogens with two attached hydrogens (primary N) is 1. The van der Waals surface area contributed by atoms with Gasteiger partial charge in [-0.05, 0) is 12.1 Å². The minimum atomic E-state index is -1.11. The lowest BCUT2D eigenvalue weighted by Gasteiger charge is -2.14. The van der Waals surface area contributed by atoms with Crippen molar-refractivity contribution in [2.75, 3.05) is 13.3 Å². The van der Waals surface area contributed by atoms with E-state index in [2.05, 4.69) is 0 Å². The molecule has 0 saturated heterocycles. The van der Waals surface area contributed by atoms with Crippen molar-refractivity contribution in [1.29, 1.82) is 0 Å². The van der Waals surface area contributed by atoms with Gasteiger partial charge in [-0.3, -0.25) is 4.79 Å². The van der Waals surface area contributed by atoms with Gasteiger partial charge in [0.2, 0.25) is 6.79 Å². The summed E-state index contributed by atoms with van der Waals surface area (Å²) >= 11 is 0. The van der Waals surface area contributed by atoms with Gasteiger partial charge in [-0.15, -0.1) is 0 Å². The predicted molar refractivity (Wildman–Crippen MR) is 53.7 cm³/mol. The van der Waals surface area contributed by atoms with E-state index in [1.807, 2.05) is 0 Å². The number of carbonyl (C=O) groups is 1. The first kappa shape index (κ1) is 10.6. The number of ether oxygens (including phenoxy) is 2. The Hall–Kier alpha value is -1.95. The first-order valence-electron chi connectivity index (χ1n) is 4.69. The third-order valence-corrected chi connectivity index (χ3v) is 2.44. The van der Waals surface area contributed by atoms with Crippen LogP contribution in [0, 0.1) is 0 Å². The van der Waals surface area contributed by atoms with Crippen LogP contribution >= 0.6 is 0 Å². The summed E-state index contributed by atoms with van der Waals surface area (Å²) in [6, 6.07) is 2.89. The maximum absolute atomic E-state index is 11.0. The van der Waals surface area contributed by atoms with Crippen molar-refractivity contribution in [2.45, 2.75) is 5.92 Å². The maximum Gasteiger partial charge on any atom is 0.312 e. The van der Waals surface area contributed by atoms with Gasteiger partial charge in [0.15, 0.2) is 11.5 Å². The number of hydrogen-bond donors (Lipinski definition) is 3. The van der Waals surface area contributed by atoms with E-state index in [4.69, 9.17) is 20.3 Å². The van der Waals surface area contributed by atoms with Gasteiger partial charge in [0, 0.05) is 6.54 Å². The maximum atomic E-state index is 11.0. The molecule has 0 fully saturated rings. The fraction of sp³-hybridized carbons (Fsp3) is 0.300. The molecule has 1 aliphatic heterocycles. The van der Waals surface area contributed by atoms with Gasteiger partial charge >= 0.3 is 5.97 Å². The number of rotatable bonds is 3. The second-order valence-electron chi connectivity index (χ2n) is 3.36. The summed E-state index contributed by atoms with van der Waals surface area (Å²) in [6.45, 7) is -0.106. The Bertz CT molecular complexity index is 431. The zero-order valence-electron chi connectivity index (χ0n) is 8.34. The second kappa shape index (κ2) is 3.90. The zero-order valence-corrected chi connectivity index (χ0v) is 8.34. The van der Waals surface area contributed by atoms with Crippen molar-refractivity contribution in [2.24, 2.45) is 5.73 Å². The third-order valence-electron chi connectivity index (χ3n) is 2.44. The number of benzene rings is 1. The van der Waals surface area contributed by atoms with Gasteiger partial charge < -0.3 is 25.4 Å². The summed E-state index contributed by atoms with van der Waals surface area (Å²) in [6.07, 6.45) is 0. The average molecular weight is 225 g/mol. The highest BCUT2D eigenvalue weighted by Gasteiger charge is 2.30. The van der Waals surface area contributed by atoms with Crippen LogP contribution in [0.5, 0.6) is 17.2 Å². The molecule has 1 atom stereocenters. The summed E-state index contributed by atoms with van der Waals surface area (Å²) in [4.78, 5) is 11.0. The van der Waals surface area contributed by atoms with E-state index in [0.717, 1.165) is 0 Å². The van der Waals surface area contributed by atoms with Crippen LogP contribution in [0.2, 0.25) is 0 Å². The van der Waals surface area contributed by atoms with Gasteiger partial charge in [0.25, 0.3) is 0 Å². The monoisotopic (exact) mass is 225 g/mol. The van der Waals surface area contributed by atoms with Crippen LogP contribution in [0.25, 0.3) is 0 Å². The molecule has 1 heterocycles. The summed E-state index contributed by atoms with van der Waals surface area (Å²) in [7, 11) is 0. The van der Waals surface area contributed by atoms with Crippen molar-refractivity contribution >= 4 is 5.97 Å². The number of hydrogen-bond acceptors (Lipinski definition) is 5. The molecule has 0 aliphatic carbocycles. The summed E-state index contributed by atoms with van der Waals surface area (Å²) in [5.41, 5.74) is 5.55. The Labute approximate surface area is 91.2 Å². The molecule has 0 radical (unpaired) electrons. The van der Waals surface area contributed by atoms with E-state index < -0.39 is 11.9 Å². The number of aliphatic carboxylic acids is 1. The highest BCUT2D eigenvalue weighted by Crippen LogP contribution is 2.43. The first-order chi connectivity index (χ1) is 7.65. The molecule has 6 heteroatoms. The molecule has 0 aromatic heterocycles. The minimum absolute atomic E-state index is 0.0166. The van der Waals surface area contributed by atoms with Gasteiger partial charge in [0.05, 0.1) is 5.56 Å². The zero-order chi connectivity index (χ0) is 11.7. The third kappa shape index (κ3) is 1.53. The number of carboxylic acids is 1. The van der Waals surface area contributed by atoms with E-state index in [-0.39, 0.29) is 30.4 Å². The first-order valence-corrected chi connectivity index (χ1v) is 4.69. The van der Waals surface area contributed by atoms with Crippen molar-refractivity contribution in [3.63, 3.8) is 0 Å². The molecule has 0 bridgehead atoms. The Morgan fingerprint density at radius 3 is 2.88 bits per heavy atom. The van der Waals surface area contributed by atoms with Crippen molar-refractivity contribution in [3.05, 3.63) is 17.7 Å². The van der Waals surface area contributed by atoms with E-state index in [0.29, 0.717) is 5.75 Å². The van der Waals surface area contributed by atoms with Gasteiger partial charge in [0.1, 0.15) is 11.7 Å². The van der Waals surface area contributed by atoms with Crippen LogP contribution in [-0.4, -0.2) is 29.5 Å².